The van der Waals surface area contributed by atoms with Crippen molar-refractivity contribution in [3.05, 3.63) is 96.6 Å². The predicted molar refractivity (Wildman–Crippen MR) is 126 cm³/mol. The molecule has 0 N–H and O–H groups in total. The molecule has 6 nitrogen and oxygen atoms in total. The van der Waals surface area contributed by atoms with Crippen LogP contribution in [-0.2, 0) is 9.59 Å². The first-order valence-electron chi connectivity index (χ1n) is 10.2. The summed E-state index contributed by atoms with van der Waals surface area (Å²) < 4.78 is 1.56. The molecule has 0 fully saturated rings. The monoisotopic (exact) mass is 422 g/mol. The highest BCUT2D eigenvalue weighted by atomic mass is 16.2. The van der Waals surface area contributed by atoms with E-state index in [9.17, 15) is 9.59 Å². The minimum absolute atomic E-state index is 0.148. The molecule has 3 aromatic carbocycles. The lowest BCUT2D eigenvalue weighted by atomic mass is 10.1. The number of aromatic nitrogens is 2. The molecule has 2 amide bonds. The van der Waals surface area contributed by atoms with E-state index in [1.165, 1.54) is 13.8 Å². The standard InChI is InChI=1S/C26H22N4O2/c1-19(31)29(20(2)32)26-28-24(22-14-8-4-9-15-22)25(23-16-10-5-11-17-23)30(26)27-18-21-12-6-3-7-13-21/h3-18H,1-2H3. The Morgan fingerprint density at radius 1 is 0.781 bits per heavy atom. The number of nitrogens with zero attached hydrogens (tertiary/aromatic N) is 4. The Balaban J connectivity index is 2.03. The number of anilines is 1. The highest BCUT2D eigenvalue weighted by molar-refractivity contribution is 6.12. The average Bonchev–Trinajstić information content (AvgIpc) is 3.18. The molecule has 6 heteroatoms. The van der Waals surface area contributed by atoms with E-state index in [4.69, 9.17) is 4.98 Å². The lowest BCUT2D eigenvalue weighted by Gasteiger charge is -2.16. The van der Waals surface area contributed by atoms with Crippen LogP contribution in [0.1, 0.15) is 19.4 Å². The van der Waals surface area contributed by atoms with Crippen molar-refractivity contribution in [3.8, 4) is 22.5 Å². The molecule has 0 spiro atoms. The van der Waals surface area contributed by atoms with E-state index in [1.807, 2.05) is 91.0 Å². The van der Waals surface area contributed by atoms with Gasteiger partial charge in [0, 0.05) is 25.0 Å². The third kappa shape index (κ3) is 4.25. The number of benzene rings is 3. The van der Waals surface area contributed by atoms with Crippen LogP contribution in [0.4, 0.5) is 5.95 Å². The third-order valence-corrected chi connectivity index (χ3v) is 4.88. The summed E-state index contributed by atoms with van der Waals surface area (Å²) in [5, 5.41) is 4.67. The number of hydrogen-bond donors (Lipinski definition) is 0. The Kier molecular flexibility index (Phi) is 6.03. The Bertz CT molecular complexity index is 1250. The fourth-order valence-corrected chi connectivity index (χ4v) is 3.47. The molecule has 4 aromatic rings. The molecular weight excluding hydrogens is 400 g/mol. The smallest absolute Gasteiger partial charge is 0.241 e. The van der Waals surface area contributed by atoms with Crippen molar-refractivity contribution < 1.29 is 9.59 Å². The first kappa shape index (κ1) is 20.9. The van der Waals surface area contributed by atoms with Gasteiger partial charge in [0.1, 0.15) is 11.4 Å². The van der Waals surface area contributed by atoms with Crippen LogP contribution in [0.5, 0.6) is 0 Å². The van der Waals surface area contributed by atoms with Crippen molar-refractivity contribution in [3.63, 3.8) is 0 Å². The van der Waals surface area contributed by atoms with Gasteiger partial charge in [-0.3, -0.25) is 9.59 Å². The molecule has 0 atom stereocenters. The summed E-state index contributed by atoms with van der Waals surface area (Å²) in [6.07, 6.45) is 1.69. The number of carbonyl (C=O) groups excluding carboxylic acids is 2. The molecule has 0 radical (unpaired) electrons. The molecule has 0 saturated heterocycles. The predicted octanol–water partition coefficient (Wildman–Crippen LogP) is 5.00. The molecule has 0 saturated carbocycles. The third-order valence-electron chi connectivity index (χ3n) is 4.88. The molecule has 32 heavy (non-hydrogen) atoms. The van der Waals surface area contributed by atoms with Crippen molar-refractivity contribution in [2.45, 2.75) is 13.8 Å². The van der Waals surface area contributed by atoms with E-state index in [1.54, 1.807) is 10.9 Å². The molecule has 0 aliphatic carbocycles. The first-order valence-corrected chi connectivity index (χ1v) is 10.2. The lowest BCUT2D eigenvalue weighted by Crippen LogP contribution is -2.35. The largest absolute Gasteiger partial charge is 0.274 e. The van der Waals surface area contributed by atoms with Crippen molar-refractivity contribution in [2.75, 3.05) is 4.90 Å². The quantitative estimate of drug-likeness (QED) is 0.425. The van der Waals surface area contributed by atoms with Gasteiger partial charge in [-0.1, -0.05) is 91.0 Å². The van der Waals surface area contributed by atoms with E-state index in [0.717, 1.165) is 21.6 Å². The zero-order chi connectivity index (χ0) is 22.5. The summed E-state index contributed by atoms with van der Waals surface area (Å²) in [6, 6.07) is 28.9. The maximum absolute atomic E-state index is 12.4. The fourth-order valence-electron chi connectivity index (χ4n) is 3.47. The van der Waals surface area contributed by atoms with E-state index < -0.39 is 11.8 Å². The van der Waals surface area contributed by atoms with Crippen molar-refractivity contribution in [1.82, 2.24) is 9.66 Å². The van der Waals surface area contributed by atoms with Crippen LogP contribution in [0.15, 0.2) is 96.1 Å². The Labute approximate surface area is 186 Å². The van der Waals surface area contributed by atoms with Gasteiger partial charge < -0.3 is 0 Å². The minimum atomic E-state index is -0.433. The second-order valence-corrected chi connectivity index (χ2v) is 7.18. The van der Waals surface area contributed by atoms with Gasteiger partial charge in [-0.15, -0.1) is 0 Å². The van der Waals surface area contributed by atoms with Crippen molar-refractivity contribution >= 4 is 24.0 Å². The number of imidazole rings is 1. The molecule has 0 aliphatic heterocycles. The number of hydrogen-bond acceptors (Lipinski definition) is 4. The highest BCUT2D eigenvalue weighted by Crippen LogP contribution is 2.36. The van der Waals surface area contributed by atoms with E-state index >= 15 is 0 Å². The summed E-state index contributed by atoms with van der Waals surface area (Å²) >= 11 is 0. The molecule has 0 unspecified atom stereocenters. The van der Waals surface area contributed by atoms with Gasteiger partial charge in [0.25, 0.3) is 0 Å². The summed E-state index contributed by atoms with van der Waals surface area (Å²) in [7, 11) is 0. The minimum Gasteiger partial charge on any atom is -0.274 e. The molecule has 0 aliphatic rings. The zero-order valence-electron chi connectivity index (χ0n) is 17.8. The van der Waals surface area contributed by atoms with Crippen LogP contribution in [0.25, 0.3) is 22.5 Å². The number of imide groups is 1. The maximum Gasteiger partial charge on any atom is 0.241 e. The van der Waals surface area contributed by atoms with Gasteiger partial charge in [-0.25, -0.2) is 9.88 Å². The normalized spacial score (nSPS) is 10.9. The molecule has 158 valence electrons. The second-order valence-electron chi connectivity index (χ2n) is 7.18. The number of amides is 2. The van der Waals surface area contributed by atoms with Crippen molar-refractivity contribution in [1.29, 1.82) is 0 Å². The van der Waals surface area contributed by atoms with Gasteiger partial charge >= 0.3 is 0 Å². The SMILES string of the molecule is CC(=O)N(C(C)=O)c1nc(-c2ccccc2)c(-c2ccccc2)n1N=Cc1ccccc1. The Hall–Kier alpha value is -4.32. The fraction of sp³-hybridized carbons (Fsp3) is 0.0769. The second kappa shape index (κ2) is 9.22. The summed E-state index contributed by atoms with van der Waals surface area (Å²) in [4.78, 5) is 30.6. The van der Waals surface area contributed by atoms with Crippen LogP contribution in [0, 0.1) is 0 Å². The summed E-state index contributed by atoms with van der Waals surface area (Å²) in [5.41, 5.74) is 3.91. The summed E-state index contributed by atoms with van der Waals surface area (Å²) in [6.45, 7) is 2.68. The average molecular weight is 422 g/mol. The van der Waals surface area contributed by atoms with Gasteiger partial charge in [0.15, 0.2) is 0 Å². The Morgan fingerprint density at radius 3 is 1.81 bits per heavy atom. The molecule has 4 rings (SSSR count). The van der Waals surface area contributed by atoms with E-state index in [2.05, 4.69) is 5.10 Å². The maximum atomic E-state index is 12.4. The topological polar surface area (TPSA) is 67.6 Å². The lowest BCUT2D eigenvalue weighted by molar-refractivity contribution is -0.124. The van der Waals surface area contributed by atoms with Crippen LogP contribution in [0.2, 0.25) is 0 Å². The molecule has 0 bridgehead atoms. The Morgan fingerprint density at radius 2 is 1.28 bits per heavy atom. The number of rotatable bonds is 5. The van der Waals surface area contributed by atoms with Gasteiger partial charge in [0.05, 0.1) is 6.21 Å². The molecule has 1 heterocycles. The van der Waals surface area contributed by atoms with Crippen LogP contribution < -0.4 is 4.90 Å². The first-order chi connectivity index (χ1) is 15.6. The molecular formula is C26H22N4O2. The summed E-state index contributed by atoms with van der Waals surface area (Å²) in [5.74, 6) is -0.717. The van der Waals surface area contributed by atoms with Crippen LogP contribution in [0.3, 0.4) is 0 Å². The molecule has 1 aromatic heterocycles. The van der Waals surface area contributed by atoms with Gasteiger partial charge in [0.2, 0.25) is 17.8 Å². The zero-order valence-corrected chi connectivity index (χ0v) is 17.8. The van der Waals surface area contributed by atoms with Gasteiger partial charge in [-0.2, -0.15) is 9.78 Å². The van der Waals surface area contributed by atoms with Gasteiger partial charge in [-0.05, 0) is 5.56 Å². The van der Waals surface area contributed by atoms with Crippen LogP contribution >= 0.6 is 0 Å². The number of carbonyl (C=O) groups is 2. The van der Waals surface area contributed by atoms with E-state index in [0.29, 0.717) is 11.4 Å². The van der Waals surface area contributed by atoms with Crippen LogP contribution in [-0.4, -0.2) is 27.7 Å². The van der Waals surface area contributed by atoms with E-state index in [-0.39, 0.29) is 5.95 Å². The highest BCUT2D eigenvalue weighted by Gasteiger charge is 2.28. The van der Waals surface area contributed by atoms with Crippen molar-refractivity contribution in [2.24, 2.45) is 5.10 Å².